The first-order chi connectivity index (χ1) is 8.85. The van der Waals surface area contributed by atoms with Crippen LogP contribution >= 0.6 is 11.6 Å². The molecule has 0 radical (unpaired) electrons. The van der Waals surface area contributed by atoms with Gasteiger partial charge in [0.05, 0.1) is 12.6 Å². The van der Waals surface area contributed by atoms with E-state index in [4.69, 9.17) is 16.3 Å². The minimum Gasteiger partial charge on any atom is -0.494 e. The van der Waals surface area contributed by atoms with E-state index in [1.807, 2.05) is 12.1 Å². The van der Waals surface area contributed by atoms with Crippen molar-refractivity contribution >= 4 is 17.9 Å². The molecule has 4 heteroatoms. The number of hydrogen-bond acceptors (Lipinski definition) is 3. The molecule has 1 atom stereocenters. The normalized spacial score (nSPS) is 18.2. The van der Waals surface area contributed by atoms with Crippen molar-refractivity contribution in [3.63, 3.8) is 0 Å². The Hall–Kier alpha value is -1.06. The van der Waals surface area contributed by atoms with Gasteiger partial charge in [0.25, 0.3) is 0 Å². The number of unbranched alkanes of at least 4 members (excludes halogenated alkanes) is 1. The number of alkyl halides is 1. The van der Waals surface area contributed by atoms with Gasteiger partial charge in [-0.3, -0.25) is 0 Å². The fourth-order valence-corrected chi connectivity index (χ4v) is 2.35. The summed E-state index contributed by atoms with van der Waals surface area (Å²) in [6.45, 7) is 1.52. The smallest absolute Gasteiger partial charge is 0.141 e. The van der Waals surface area contributed by atoms with E-state index in [1.165, 1.54) is 5.56 Å². The molecule has 0 bridgehead atoms. The Kier molecular flexibility index (Phi) is 5.02. The van der Waals surface area contributed by atoms with Gasteiger partial charge in [0.15, 0.2) is 0 Å². The van der Waals surface area contributed by atoms with E-state index in [0.29, 0.717) is 12.5 Å². The number of aldehydes is 1. The minimum absolute atomic E-state index is 0.194. The third kappa shape index (κ3) is 3.24. The van der Waals surface area contributed by atoms with Crippen molar-refractivity contribution in [1.82, 2.24) is 5.32 Å². The summed E-state index contributed by atoms with van der Waals surface area (Å²) < 4.78 is 5.66. The molecular weight excluding hydrogens is 250 g/mol. The number of ether oxygens (including phenoxy) is 1. The summed E-state index contributed by atoms with van der Waals surface area (Å²) in [6.07, 6.45) is 3.84. The molecule has 0 aromatic heterocycles. The predicted molar refractivity (Wildman–Crippen MR) is 72.4 cm³/mol. The first-order valence-electron chi connectivity index (χ1n) is 6.35. The van der Waals surface area contributed by atoms with E-state index in [9.17, 15) is 4.79 Å². The topological polar surface area (TPSA) is 38.3 Å². The maximum atomic E-state index is 11.0. The monoisotopic (exact) mass is 267 g/mol. The quantitative estimate of drug-likeness (QED) is 0.489. The second kappa shape index (κ2) is 6.76. The van der Waals surface area contributed by atoms with Gasteiger partial charge in [-0.25, -0.2) is 0 Å². The van der Waals surface area contributed by atoms with Crippen molar-refractivity contribution in [3.8, 4) is 5.75 Å². The number of halogens is 1. The predicted octanol–water partition coefficient (Wildman–Crippen LogP) is 2.47. The Morgan fingerprint density at radius 1 is 1.44 bits per heavy atom. The Labute approximate surface area is 112 Å². The lowest BCUT2D eigenvalue weighted by atomic mass is 9.95. The Balaban J connectivity index is 2.03. The van der Waals surface area contributed by atoms with Crippen LogP contribution in [0.3, 0.4) is 0 Å². The van der Waals surface area contributed by atoms with Crippen molar-refractivity contribution in [1.29, 1.82) is 0 Å². The van der Waals surface area contributed by atoms with Gasteiger partial charge >= 0.3 is 0 Å². The third-order valence-corrected chi connectivity index (χ3v) is 3.41. The summed E-state index contributed by atoms with van der Waals surface area (Å²) in [5.41, 5.74) is 2.28. The largest absolute Gasteiger partial charge is 0.494 e. The molecule has 1 aliphatic rings. The number of nitrogens with one attached hydrogen (secondary N) is 1. The van der Waals surface area contributed by atoms with E-state index >= 15 is 0 Å². The number of rotatable bonds is 6. The highest BCUT2D eigenvalue weighted by Gasteiger charge is 2.19. The van der Waals surface area contributed by atoms with Gasteiger partial charge in [0, 0.05) is 12.4 Å². The van der Waals surface area contributed by atoms with Gasteiger partial charge in [-0.2, -0.15) is 0 Å². The highest BCUT2D eigenvalue weighted by Crippen LogP contribution is 2.26. The molecule has 0 spiro atoms. The van der Waals surface area contributed by atoms with Crippen LogP contribution in [0.15, 0.2) is 18.2 Å². The number of hydrogen-bond donors (Lipinski definition) is 1. The highest BCUT2D eigenvalue weighted by molar-refractivity contribution is 6.17. The standard InChI is InChI=1S/C14H18ClNO2/c15-6-1-2-8-18-12-4-3-11-5-7-16-14(10-17)13(11)9-12/h3-4,9-10,14,16H,1-2,5-8H2. The van der Waals surface area contributed by atoms with E-state index in [2.05, 4.69) is 11.4 Å². The molecule has 1 heterocycles. The van der Waals surface area contributed by atoms with Crippen LogP contribution < -0.4 is 10.1 Å². The zero-order valence-electron chi connectivity index (χ0n) is 10.3. The molecule has 1 aromatic rings. The van der Waals surface area contributed by atoms with E-state index in [1.54, 1.807) is 0 Å². The van der Waals surface area contributed by atoms with Crippen LogP contribution in [0.5, 0.6) is 5.75 Å². The zero-order valence-corrected chi connectivity index (χ0v) is 11.1. The maximum Gasteiger partial charge on any atom is 0.141 e. The minimum atomic E-state index is -0.194. The lowest BCUT2D eigenvalue weighted by Gasteiger charge is -2.23. The van der Waals surface area contributed by atoms with Crippen LogP contribution in [0.25, 0.3) is 0 Å². The molecule has 0 aliphatic carbocycles. The maximum absolute atomic E-state index is 11.0. The summed E-state index contributed by atoms with van der Waals surface area (Å²) in [4.78, 5) is 11.0. The Morgan fingerprint density at radius 2 is 2.33 bits per heavy atom. The Morgan fingerprint density at radius 3 is 3.11 bits per heavy atom. The molecular formula is C14H18ClNO2. The number of fused-ring (bicyclic) bond motifs is 1. The van der Waals surface area contributed by atoms with Gasteiger partial charge in [-0.1, -0.05) is 6.07 Å². The van der Waals surface area contributed by atoms with Gasteiger partial charge in [0.1, 0.15) is 12.0 Å². The van der Waals surface area contributed by atoms with Gasteiger partial charge in [0.2, 0.25) is 0 Å². The van der Waals surface area contributed by atoms with Crippen LogP contribution in [0.2, 0.25) is 0 Å². The highest BCUT2D eigenvalue weighted by atomic mass is 35.5. The summed E-state index contributed by atoms with van der Waals surface area (Å²) in [7, 11) is 0. The van der Waals surface area contributed by atoms with Crippen molar-refractivity contribution in [2.24, 2.45) is 0 Å². The van der Waals surface area contributed by atoms with Gasteiger partial charge in [-0.15, -0.1) is 11.6 Å². The van der Waals surface area contributed by atoms with Crippen molar-refractivity contribution in [2.75, 3.05) is 19.0 Å². The summed E-state index contributed by atoms with van der Waals surface area (Å²) in [6, 6.07) is 5.82. The van der Waals surface area contributed by atoms with Crippen molar-refractivity contribution in [3.05, 3.63) is 29.3 Å². The summed E-state index contributed by atoms with van der Waals surface area (Å²) >= 11 is 5.61. The van der Waals surface area contributed by atoms with Crippen LogP contribution in [-0.2, 0) is 11.2 Å². The average molecular weight is 268 g/mol. The van der Waals surface area contributed by atoms with E-state index < -0.39 is 0 Å². The van der Waals surface area contributed by atoms with E-state index in [-0.39, 0.29) is 6.04 Å². The van der Waals surface area contributed by atoms with Crippen LogP contribution in [0.4, 0.5) is 0 Å². The van der Waals surface area contributed by atoms with Gasteiger partial charge < -0.3 is 14.8 Å². The molecule has 0 saturated heterocycles. The van der Waals surface area contributed by atoms with Crippen molar-refractivity contribution in [2.45, 2.75) is 25.3 Å². The molecule has 18 heavy (non-hydrogen) atoms. The molecule has 0 saturated carbocycles. The van der Waals surface area contributed by atoms with Crippen LogP contribution in [0.1, 0.15) is 30.0 Å². The third-order valence-electron chi connectivity index (χ3n) is 3.14. The molecule has 1 unspecified atom stereocenters. The molecule has 1 aromatic carbocycles. The molecule has 0 amide bonds. The number of carbonyl (C=O) groups is 1. The first-order valence-corrected chi connectivity index (χ1v) is 6.89. The molecule has 1 aliphatic heterocycles. The van der Waals surface area contributed by atoms with Crippen molar-refractivity contribution < 1.29 is 9.53 Å². The lowest BCUT2D eigenvalue weighted by molar-refractivity contribution is -0.109. The lowest BCUT2D eigenvalue weighted by Crippen LogP contribution is -2.30. The molecule has 0 fully saturated rings. The molecule has 1 N–H and O–H groups in total. The fourth-order valence-electron chi connectivity index (χ4n) is 2.16. The first kappa shape index (κ1) is 13.4. The summed E-state index contributed by atoms with van der Waals surface area (Å²) in [5, 5.41) is 3.19. The number of benzene rings is 1. The second-order valence-electron chi connectivity index (χ2n) is 4.42. The van der Waals surface area contributed by atoms with Crippen LogP contribution in [-0.4, -0.2) is 25.3 Å². The molecule has 3 nitrogen and oxygen atoms in total. The molecule has 98 valence electrons. The zero-order chi connectivity index (χ0) is 12.8. The summed E-state index contributed by atoms with van der Waals surface area (Å²) in [5.74, 6) is 1.50. The molecule has 2 rings (SSSR count). The van der Waals surface area contributed by atoms with E-state index in [0.717, 1.165) is 43.4 Å². The van der Waals surface area contributed by atoms with Crippen LogP contribution in [0, 0.1) is 0 Å². The van der Waals surface area contributed by atoms with Gasteiger partial charge in [-0.05, 0) is 42.5 Å². The average Bonchev–Trinajstić information content (AvgIpc) is 2.43. The number of carbonyl (C=O) groups excluding carboxylic acids is 1. The Bertz CT molecular complexity index is 409. The fraction of sp³-hybridized carbons (Fsp3) is 0.500. The SMILES string of the molecule is O=CC1NCCc2ccc(OCCCCCl)cc21. The second-order valence-corrected chi connectivity index (χ2v) is 4.80.